The number of hydrogen-bond acceptors (Lipinski definition) is 5. The van der Waals surface area contributed by atoms with Crippen molar-refractivity contribution in [1.29, 1.82) is 0 Å². The van der Waals surface area contributed by atoms with E-state index < -0.39 is 0 Å². The minimum atomic E-state index is -0.0829. The summed E-state index contributed by atoms with van der Waals surface area (Å²) in [5, 5.41) is 2.19. The number of rotatable bonds is 7. The van der Waals surface area contributed by atoms with Gasteiger partial charge in [-0.05, 0) is 98.9 Å². The van der Waals surface area contributed by atoms with E-state index in [1.807, 2.05) is 72.9 Å². The molecule has 6 heterocycles. The molecule has 10 heteroatoms. The standard InChI is InChI=1S/C64H41BN4O4.Pt/c1-64(2,3)41-31-32-66-59(35-41)69-49-22-8-7-19-47(49)48-30-29-44(37-52(48)69)70-43-18-11-17-42(36-43)67-38-68(51-24-10-9-23-50(51)67)63-45(39-15-5-4-6-16-39)20-12-21-46(63)40-33-57-62-58(34-40)73-56-28-14-26-54-61(56)65(62)60-53(71-54)25-13-27-55(60)72-57;/h4-35H,1-3H3;/q-2;. The molecule has 0 saturated carbocycles. The molecule has 0 saturated heterocycles. The molecule has 0 bridgehead atoms. The summed E-state index contributed by atoms with van der Waals surface area (Å²) in [6.45, 7) is 6.58. The van der Waals surface area contributed by atoms with E-state index in [1.165, 1.54) is 5.56 Å². The van der Waals surface area contributed by atoms with E-state index in [4.69, 9.17) is 23.9 Å². The van der Waals surface area contributed by atoms with E-state index in [1.54, 1.807) is 0 Å². The van der Waals surface area contributed by atoms with Crippen molar-refractivity contribution in [2.45, 2.75) is 26.2 Å². The minimum Gasteiger partial charge on any atom is -0.510 e. The van der Waals surface area contributed by atoms with Crippen LogP contribution in [0.4, 0.5) is 0 Å². The number of fused-ring (bicyclic) bond motifs is 4. The zero-order valence-corrected chi connectivity index (χ0v) is 42.6. The number of aromatic nitrogens is 4. The third-order valence-electron chi connectivity index (χ3n) is 14.5. The number of ether oxygens (including phenoxy) is 4. The van der Waals surface area contributed by atoms with Gasteiger partial charge in [0, 0.05) is 60.7 Å². The van der Waals surface area contributed by atoms with Crippen molar-refractivity contribution in [3.63, 3.8) is 0 Å². The van der Waals surface area contributed by atoms with Gasteiger partial charge in [-0.15, -0.1) is 29.7 Å². The predicted molar refractivity (Wildman–Crippen MR) is 287 cm³/mol. The Hall–Kier alpha value is -8.65. The molecule has 8 nitrogen and oxygen atoms in total. The van der Waals surface area contributed by atoms with Crippen molar-refractivity contribution in [2.75, 3.05) is 0 Å². The molecule has 12 aromatic rings. The van der Waals surface area contributed by atoms with Gasteiger partial charge in [-0.2, -0.15) is 18.2 Å². The van der Waals surface area contributed by atoms with Crippen molar-refractivity contribution in [3.05, 3.63) is 218 Å². The molecule has 3 aliphatic rings. The molecule has 0 amide bonds. The van der Waals surface area contributed by atoms with Crippen LogP contribution in [0.1, 0.15) is 26.3 Å². The Kier molecular flexibility index (Phi) is 9.95. The summed E-state index contributed by atoms with van der Waals surface area (Å²) >= 11 is 0. The Bertz CT molecular complexity index is 4220. The van der Waals surface area contributed by atoms with Crippen molar-refractivity contribution in [2.24, 2.45) is 0 Å². The number of imidazole rings is 1. The average Bonchev–Trinajstić information content (AvgIpc) is 3.97. The summed E-state index contributed by atoms with van der Waals surface area (Å²) in [4.78, 5) is 4.87. The van der Waals surface area contributed by atoms with Crippen LogP contribution in [0, 0.1) is 18.5 Å². The van der Waals surface area contributed by atoms with Crippen molar-refractivity contribution in [1.82, 2.24) is 14.1 Å². The van der Waals surface area contributed by atoms with E-state index >= 15 is 0 Å². The first-order chi connectivity index (χ1) is 35.8. The van der Waals surface area contributed by atoms with Gasteiger partial charge in [0.2, 0.25) is 0 Å². The minimum absolute atomic E-state index is 0. The van der Waals surface area contributed by atoms with Crippen LogP contribution in [0.5, 0.6) is 46.0 Å². The van der Waals surface area contributed by atoms with Gasteiger partial charge in [0.15, 0.2) is 0 Å². The van der Waals surface area contributed by atoms with Crippen molar-refractivity contribution < 1.29 is 44.6 Å². The molecule has 15 rings (SSSR count). The van der Waals surface area contributed by atoms with Gasteiger partial charge < -0.3 is 28.1 Å². The van der Waals surface area contributed by atoms with E-state index in [0.29, 0.717) is 11.5 Å². The third-order valence-corrected chi connectivity index (χ3v) is 14.5. The number of hydrogen-bond donors (Lipinski definition) is 0. The molecule has 0 N–H and O–H groups in total. The predicted octanol–water partition coefficient (Wildman–Crippen LogP) is 13.1. The smallest absolute Gasteiger partial charge is 0.270 e. The van der Waals surface area contributed by atoms with E-state index in [9.17, 15) is 0 Å². The van der Waals surface area contributed by atoms with Crippen LogP contribution in [0.3, 0.4) is 0 Å². The fourth-order valence-corrected chi connectivity index (χ4v) is 11.2. The first-order valence-corrected chi connectivity index (χ1v) is 24.5. The molecule has 9 aromatic carbocycles. The van der Waals surface area contributed by atoms with Crippen LogP contribution in [-0.2, 0) is 26.5 Å². The van der Waals surface area contributed by atoms with Crippen LogP contribution in [-0.4, -0.2) is 20.8 Å². The van der Waals surface area contributed by atoms with Gasteiger partial charge in [-0.1, -0.05) is 129 Å². The molecule has 0 radical (unpaired) electrons. The summed E-state index contributed by atoms with van der Waals surface area (Å²) in [6.07, 6.45) is 5.71. The second-order valence-corrected chi connectivity index (χ2v) is 19.9. The molecule has 0 spiro atoms. The Labute approximate surface area is 442 Å². The van der Waals surface area contributed by atoms with Crippen molar-refractivity contribution in [3.8, 4) is 85.4 Å². The first kappa shape index (κ1) is 44.1. The fourth-order valence-electron chi connectivity index (χ4n) is 11.2. The first-order valence-electron chi connectivity index (χ1n) is 24.5. The zero-order valence-electron chi connectivity index (χ0n) is 40.3. The molecular formula is C64H41BN4O4Pt-2. The van der Waals surface area contributed by atoms with Crippen LogP contribution < -0.4 is 39.9 Å². The Morgan fingerprint density at radius 2 is 1.15 bits per heavy atom. The molecule has 3 aromatic heterocycles. The molecular weight excluding hydrogens is 1090 g/mol. The Balaban J connectivity index is 0.00000505. The number of pyridine rings is 1. The molecule has 0 atom stereocenters. The summed E-state index contributed by atoms with van der Waals surface area (Å²) < 4.78 is 33.2. The molecule has 0 aliphatic carbocycles. The van der Waals surface area contributed by atoms with Crippen LogP contribution in [0.15, 0.2) is 194 Å². The van der Waals surface area contributed by atoms with Gasteiger partial charge in [0.05, 0.1) is 16.7 Å². The van der Waals surface area contributed by atoms with Crippen LogP contribution in [0.25, 0.3) is 72.3 Å². The number of benzene rings is 9. The largest absolute Gasteiger partial charge is 0.510 e. The maximum Gasteiger partial charge on any atom is 0.270 e. The zero-order chi connectivity index (χ0) is 48.5. The molecule has 0 fully saturated rings. The normalized spacial score (nSPS) is 12.7. The van der Waals surface area contributed by atoms with Gasteiger partial charge in [-0.25, -0.2) is 4.98 Å². The van der Waals surface area contributed by atoms with Gasteiger partial charge in [0.25, 0.3) is 13.0 Å². The van der Waals surface area contributed by atoms with Crippen LogP contribution >= 0.6 is 0 Å². The van der Waals surface area contributed by atoms with Gasteiger partial charge in [0.1, 0.15) is 40.3 Å². The molecule has 0 unspecified atom stereocenters. The van der Waals surface area contributed by atoms with Crippen LogP contribution in [0.2, 0.25) is 0 Å². The Morgan fingerprint density at radius 3 is 1.88 bits per heavy atom. The molecule has 356 valence electrons. The summed E-state index contributed by atoms with van der Waals surface area (Å²) in [5.74, 6) is 6.64. The Morgan fingerprint density at radius 1 is 0.541 bits per heavy atom. The number of para-hydroxylation sites is 4. The maximum atomic E-state index is 6.83. The maximum absolute atomic E-state index is 6.83. The third kappa shape index (κ3) is 6.80. The summed E-state index contributed by atoms with van der Waals surface area (Å²) in [7, 11) is 0. The average molecular weight is 1140 g/mol. The summed E-state index contributed by atoms with van der Waals surface area (Å²) in [5.41, 5.74) is 13.8. The quantitative estimate of drug-likeness (QED) is 0.0904. The fraction of sp³-hybridized carbons (Fsp3) is 0.0625. The van der Waals surface area contributed by atoms with E-state index in [-0.39, 0.29) is 33.2 Å². The van der Waals surface area contributed by atoms with Gasteiger partial charge >= 0.3 is 0 Å². The topological polar surface area (TPSA) is 63.6 Å². The molecule has 3 aliphatic heterocycles. The molecule has 74 heavy (non-hydrogen) atoms. The second-order valence-electron chi connectivity index (χ2n) is 19.9. The van der Waals surface area contributed by atoms with Gasteiger partial charge in [-0.3, -0.25) is 4.57 Å². The van der Waals surface area contributed by atoms with E-state index in [0.717, 1.165) is 123 Å². The van der Waals surface area contributed by atoms with E-state index in [2.05, 4.69) is 174 Å². The van der Waals surface area contributed by atoms with Crippen molar-refractivity contribution >= 4 is 55.9 Å². The number of nitrogens with zero attached hydrogens (tertiary/aromatic N) is 4. The monoisotopic (exact) mass is 1140 g/mol. The second kappa shape index (κ2) is 16.7. The SMILES string of the molecule is CC(C)(C)c1ccnc(-n2c3[c-]c(Oc4[c-]c(-n5[c-][n+](-c6c(-c7ccccc7)cccc6-c6cc7c8c(c6)Oc6cccc9c6B8c6c(cccc6O7)O9)c6ccccc65)ccc4)ccc3c3ccccc32)c1.[Pt]. The summed E-state index contributed by atoms with van der Waals surface area (Å²) in [6, 6.07) is 71.8.